The van der Waals surface area contributed by atoms with Gasteiger partial charge in [-0.05, 0) is 42.8 Å². The third-order valence-electron chi connectivity index (χ3n) is 2.64. The minimum Gasteiger partial charge on any atom is -0.352 e. The highest BCUT2D eigenvalue weighted by Gasteiger charge is 2.13. The second-order valence-corrected chi connectivity index (χ2v) is 8.13. The second-order valence-electron chi connectivity index (χ2n) is 4.17. The summed E-state index contributed by atoms with van der Waals surface area (Å²) >= 11 is 1.07. The number of benzene rings is 1. The van der Waals surface area contributed by atoms with E-state index in [1.165, 1.54) is 30.3 Å². The van der Waals surface area contributed by atoms with Gasteiger partial charge in [-0.2, -0.15) is 0 Å². The first-order valence-corrected chi connectivity index (χ1v) is 9.06. The molecule has 0 atom stereocenters. The van der Waals surface area contributed by atoms with Gasteiger partial charge in [0.25, 0.3) is 15.0 Å². The summed E-state index contributed by atoms with van der Waals surface area (Å²) in [4.78, 5) is 12.6. The zero-order valence-corrected chi connectivity index (χ0v) is 13.1. The first-order chi connectivity index (χ1) is 9.86. The molecule has 0 bridgehead atoms. The minimum atomic E-state index is -3.70. The van der Waals surface area contributed by atoms with Crippen molar-refractivity contribution in [1.82, 2.24) is 5.32 Å². The lowest BCUT2D eigenvalue weighted by Gasteiger charge is -2.04. The maximum Gasteiger partial charge on any atom is 0.270 e. The van der Waals surface area contributed by atoms with Gasteiger partial charge >= 0.3 is 0 Å². The van der Waals surface area contributed by atoms with Gasteiger partial charge in [-0.3, -0.25) is 4.79 Å². The van der Waals surface area contributed by atoms with Crippen molar-refractivity contribution in [2.75, 3.05) is 6.54 Å². The number of carbonyl (C=O) groups excluding carboxylic acids is 1. The van der Waals surface area contributed by atoms with E-state index in [2.05, 4.69) is 5.32 Å². The standard InChI is InChI=1S/C13H11ClFNO3S2/c14-21(18,19)12-6-5-11(20-12)7-8-16-13(17)9-1-3-10(15)4-2-9/h1-6H,7-8H2,(H,16,17). The number of thiophene rings is 1. The molecule has 0 saturated carbocycles. The van der Waals surface area contributed by atoms with E-state index < -0.39 is 14.9 Å². The molecule has 1 aromatic carbocycles. The van der Waals surface area contributed by atoms with Gasteiger partial charge < -0.3 is 5.32 Å². The monoisotopic (exact) mass is 347 g/mol. The number of carbonyl (C=O) groups is 1. The van der Waals surface area contributed by atoms with Crippen molar-refractivity contribution in [2.24, 2.45) is 0 Å². The Kier molecular flexibility index (Phi) is 4.97. The van der Waals surface area contributed by atoms with Crippen LogP contribution < -0.4 is 5.32 Å². The van der Waals surface area contributed by atoms with E-state index in [1.807, 2.05) is 0 Å². The van der Waals surface area contributed by atoms with Gasteiger partial charge in [-0.25, -0.2) is 12.8 Å². The van der Waals surface area contributed by atoms with Crippen LogP contribution in [0.15, 0.2) is 40.6 Å². The van der Waals surface area contributed by atoms with E-state index in [-0.39, 0.29) is 10.1 Å². The molecule has 4 nitrogen and oxygen atoms in total. The average molecular weight is 348 g/mol. The molecular formula is C13H11ClFNO3S2. The van der Waals surface area contributed by atoms with Crippen LogP contribution in [0.3, 0.4) is 0 Å². The van der Waals surface area contributed by atoms with Crippen LogP contribution in [0.5, 0.6) is 0 Å². The third-order valence-corrected chi connectivity index (χ3v) is 5.88. The number of nitrogens with one attached hydrogen (secondary N) is 1. The number of hydrogen-bond acceptors (Lipinski definition) is 4. The molecule has 2 rings (SSSR count). The Morgan fingerprint density at radius 1 is 1.19 bits per heavy atom. The zero-order chi connectivity index (χ0) is 15.5. The van der Waals surface area contributed by atoms with Crippen molar-refractivity contribution in [3.63, 3.8) is 0 Å². The quantitative estimate of drug-likeness (QED) is 0.846. The molecular weight excluding hydrogens is 337 g/mol. The summed E-state index contributed by atoms with van der Waals surface area (Å²) in [7, 11) is 1.53. The molecule has 8 heteroatoms. The molecule has 0 saturated heterocycles. The SMILES string of the molecule is O=C(NCCc1ccc(S(=O)(=O)Cl)s1)c1ccc(F)cc1. The molecule has 0 unspecified atom stereocenters. The Labute approximate surface area is 130 Å². The fourth-order valence-electron chi connectivity index (χ4n) is 1.63. The van der Waals surface area contributed by atoms with Crippen LogP contribution in [0.2, 0.25) is 0 Å². The lowest BCUT2D eigenvalue weighted by molar-refractivity contribution is 0.0954. The molecule has 1 aromatic heterocycles. The van der Waals surface area contributed by atoms with Crippen molar-refractivity contribution in [2.45, 2.75) is 10.6 Å². The molecule has 0 radical (unpaired) electrons. The van der Waals surface area contributed by atoms with Crippen molar-refractivity contribution in [3.8, 4) is 0 Å². The second kappa shape index (κ2) is 6.55. The van der Waals surface area contributed by atoms with Gasteiger partial charge in [0.2, 0.25) is 0 Å². The Balaban J connectivity index is 1.88. The molecule has 0 fully saturated rings. The largest absolute Gasteiger partial charge is 0.352 e. The lowest BCUT2D eigenvalue weighted by Crippen LogP contribution is -2.25. The first kappa shape index (κ1) is 15.9. The molecule has 0 aliphatic rings. The van der Waals surface area contributed by atoms with E-state index in [0.717, 1.165) is 16.2 Å². The summed E-state index contributed by atoms with van der Waals surface area (Å²) in [5.74, 6) is -0.711. The summed E-state index contributed by atoms with van der Waals surface area (Å²) in [6.07, 6.45) is 0.490. The zero-order valence-electron chi connectivity index (χ0n) is 10.7. The smallest absolute Gasteiger partial charge is 0.270 e. The molecule has 0 aliphatic carbocycles. The van der Waals surface area contributed by atoms with Crippen molar-refractivity contribution >= 4 is 37.0 Å². The number of hydrogen-bond donors (Lipinski definition) is 1. The van der Waals surface area contributed by atoms with Crippen LogP contribution in [-0.2, 0) is 15.5 Å². The molecule has 21 heavy (non-hydrogen) atoms. The molecule has 0 aliphatic heterocycles. The van der Waals surface area contributed by atoms with Gasteiger partial charge in [0.1, 0.15) is 10.0 Å². The third kappa shape index (κ3) is 4.52. The van der Waals surface area contributed by atoms with Crippen LogP contribution in [-0.4, -0.2) is 20.9 Å². The molecule has 1 amide bonds. The van der Waals surface area contributed by atoms with Crippen molar-refractivity contribution in [3.05, 3.63) is 52.7 Å². The summed E-state index contributed by atoms with van der Waals surface area (Å²) in [5.41, 5.74) is 0.367. The highest BCUT2D eigenvalue weighted by atomic mass is 35.7. The van der Waals surface area contributed by atoms with Crippen LogP contribution in [0.1, 0.15) is 15.2 Å². The van der Waals surface area contributed by atoms with Gasteiger partial charge in [0, 0.05) is 27.7 Å². The van der Waals surface area contributed by atoms with E-state index in [1.54, 1.807) is 6.07 Å². The molecule has 1 N–H and O–H groups in total. The van der Waals surface area contributed by atoms with Crippen LogP contribution in [0.4, 0.5) is 4.39 Å². The Bertz CT molecular complexity index is 741. The lowest BCUT2D eigenvalue weighted by atomic mass is 10.2. The van der Waals surface area contributed by atoms with Gasteiger partial charge in [-0.15, -0.1) is 11.3 Å². The number of rotatable bonds is 5. The normalized spacial score (nSPS) is 11.3. The Hall–Kier alpha value is -1.44. The predicted molar refractivity (Wildman–Crippen MR) is 79.8 cm³/mol. The highest BCUT2D eigenvalue weighted by molar-refractivity contribution is 8.15. The summed E-state index contributed by atoms with van der Waals surface area (Å²) in [6, 6.07) is 8.31. The van der Waals surface area contributed by atoms with E-state index in [9.17, 15) is 17.6 Å². The maximum absolute atomic E-state index is 12.7. The highest BCUT2D eigenvalue weighted by Crippen LogP contribution is 2.24. The minimum absolute atomic E-state index is 0.0871. The Morgan fingerprint density at radius 2 is 1.86 bits per heavy atom. The van der Waals surface area contributed by atoms with Crippen molar-refractivity contribution in [1.29, 1.82) is 0 Å². The molecule has 0 spiro atoms. The number of amides is 1. The predicted octanol–water partition coefficient (Wildman–Crippen LogP) is 2.79. The fourth-order valence-corrected chi connectivity index (χ4v) is 3.75. The fraction of sp³-hybridized carbons (Fsp3) is 0.154. The summed E-state index contributed by atoms with van der Waals surface area (Å²) < 4.78 is 35.1. The van der Waals surface area contributed by atoms with E-state index in [0.29, 0.717) is 18.5 Å². The topological polar surface area (TPSA) is 63.2 Å². The van der Waals surface area contributed by atoms with Crippen LogP contribution in [0.25, 0.3) is 0 Å². The summed E-state index contributed by atoms with van der Waals surface area (Å²) in [6.45, 7) is 0.346. The van der Waals surface area contributed by atoms with E-state index in [4.69, 9.17) is 10.7 Å². The van der Waals surface area contributed by atoms with Crippen molar-refractivity contribution < 1.29 is 17.6 Å². The van der Waals surface area contributed by atoms with E-state index >= 15 is 0 Å². The van der Waals surface area contributed by atoms with Crippen LogP contribution in [0, 0.1) is 5.82 Å². The maximum atomic E-state index is 12.7. The van der Waals surface area contributed by atoms with Gasteiger partial charge in [-0.1, -0.05) is 0 Å². The first-order valence-electron chi connectivity index (χ1n) is 5.93. The number of halogens is 2. The summed E-state index contributed by atoms with van der Waals surface area (Å²) in [5, 5.41) is 2.68. The van der Waals surface area contributed by atoms with Gasteiger partial charge in [0.05, 0.1) is 0 Å². The molecule has 112 valence electrons. The molecule has 2 aromatic rings. The van der Waals surface area contributed by atoms with Crippen LogP contribution >= 0.6 is 22.0 Å². The van der Waals surface area contributed by atoms with Gasteiger partial charge in [0.15, 0.2) is 0 Å². The average Bonchev–Trinajstić information content (AvgIpc) is 2.88. The Morgan fingerprint density at radius 3 is 2.43 bits per heavy atom. The molecule has 1 heterocycles.